The molecule has 10 atom stereocenters. The maximum absolute atomic E-state index is 11.6. The normalized spacial score (nSPS) is 45.5. The zero-order valence-corrected chi connectivity index (χ0v) is 15.7. The summed E-state index contributed by atoms with van der Waals surface area (Å²) >= 11 is 0. The summed E-state index contributed by atoms with van der Waals surface area (Å²) in [4.78, 5) is 11.6. The molecule has 2 aliphatic heterocycles. The average Bonchev–Trinajstić information content (AvgIpc) is 2.63. The lowest BCUT2D eigenvalue weighted by atomic mass is 9.95. The van der Waals surface area contributed by atoms with Gasteiger partial charge in [0.1, 0.15) is 42.7 Å². The maximum atomic E-state index is 11.6. The Kier molecular flexibility index (Phi) is 7.92. The van der Waals surface area contributed by atoms with Crippen molar-refractivity contribution < 1.29 is 48.9 Å². The van der Waals surface area contributed by atoms with Gasteiger partial charge in [0.15, 0.2) is 12.6 Å². The zero-order chi connectivity index (χ0) is 20.3. The second-order valence-electron chi connectivity index (χ2n) is 6.67. The number of carbonyl (C=O) groups excluding carboxylic acids is 1. The lowest BCUT2D eigenvalue weighted by Gasteiger charge is -2.47. The maximum Gasteiger partial charge on any atom is 0.217 e. The summed E-state index contributed by atoms with van der Waals surface area (Å²) in [7, 11) is 2.68. The highest BCUT2D eigenvalue weighted by atomic mass is 16.7. The smallest absolute Gasteiger partial charge is 0.217 e. The number of hydrogen-bond acceptors (Lipinski definition) is 10. The van der Waals surface area contributed by atoms with Crippen LogP contribution in [0.25, 0.3) is 0 Å². The molecule has 158 valence electrons. The molecule has 2 heterocycles. The molecule has 10 unspecified atom stereocenters. The van der Waals surface area contributed by atoms with Crippen molar-refractivity contribution in [1.82, 2.24) is 5.32 Å². The van der Waals surface area contributed by atoms with E-state index in [2.05, 4.69) is 5.32 Å². The number of methoxy groups -OCH3 is 2. The molecule has 0 aromatic heterocycles. The third kappa shape index (κ3) is 4.75. The van der Waals surface area contributed by atoms with Crippen LogP contribution in [-0.2, 0) is 28.5 Å². The Labute approximate surface area is 157 Å². The fourth-order valence-electron chi connectivity index (χ4n) is 3.40. The number of aliphatic hydroxyl groups is 4. The molecule has 0 spiro atoms. The SMILES string of the molecule is COC1OC(C)C(OC2OC(CO)C(O)C(OC)C2NC(C)=O)C(O)C1O. The highest BCUT2D eigenvalue weighted by Gasteiger charge is 2.50. The minimum atomic E-state index is -1.36. The fourth-order valence-corrected chi connectivity index (χ4v) is 3.40. The van der Waals surface area contributed by atoms with E-state index < -0.39 is 73.9 Å². The van der Waals surface area contributed by atoms with E-state index in [9.17, 15) is 25.2 Å². The molecule has 0 radical (unpaired) electrons. The van der Waals surface area contributed by atoms with Crippen molar-refractivity contribution in [3.05, 3.63) is 0 Å². The van der Waals surface area contributed by atoms with Crippen LogP contribution in [0.2, 0.25) is 0 Å². The molecule has 0 aliphatic carbocycles. The molecule has 0 aromatic carbocycles. The molecule has 0 aromatic rings. The van der Waals surface area contributed by atoms with Crippen LogP contribution in [0.1, 0.15) is 13.8 Å². The van der Waals surface area contributed by atoms with Crippen LogP contribution in [0.3, 0.4) is 0 Å². The van der Waals surface area contributed by atoms with Crippen LogP contribution in [0.15, 0.2) is 0 Å². The minimum absolute atomic E-state index is 0.415. The topological polar surface area (TPSA) is 156 Å². The standard InChI is InChI=1S/C16H29NO10/c1-6-13(11(21)12(22)16(24-4)25-6)27-15-9(17-7(2)19)14(23-3)10(20)8(5-18)26-15/h6,8-16,18,20-22H,5H2,1-4H3,(H,17,19). The van der Waals surface area contributed by atoms with Gasteiger partial charge in [0.2, 0.25) is 5.91 Å². The van der Waals surface area contributed by atoms with E-state index in [1.54, 1.807) is 6.92 Å². The van der Waals surface area contributed by atoms with Crippen LogP contribution in [-0.4, -0.2) is 109 Å². The third-order valence-corrected chi connectivity index (χ3v) is 4.80. The van der Waals surface area contributed by atoms with Crippen molar-refractivity contribution in [3.63, 3.8) is 0 Å². The van der Waals surface area contributed by atoms with E-state index in [-0.39, 0.29) is 0 Å². The average molecular weight is 395 g/mol. The molecule has 11 nitrogen and oxygen atoms in total. The summed E-state index contributed by atoms with van der Waals surface area (Å²) in [6.45, 7) is 2.39. The number of rotatable bonds is 6. The van der Waals surface area contributed by atoms with Crippen molar-refractivity contribution in [2.24, 2.45) is 0 Å². The van der Waals surface area contributed by atoms with Crippen LogP contribution in [0.4, 0.5) is 0 Å². The molecule has 5 N–H and O–H groups in total. The Bertz CT molecular complexity index is 494. The summed E-state index contributed by atoms with van der Waals surface area (Å²) in [5, 5.41) is 42.9. The van der Waals surface area contributed by atoms with Gasteiger partial charge in [-0.1, -0.05) is 0 Å². The van der Waals surface area contributed by atoms with Gasteiger partial charge in [-0.3, -0.25) is 4.79 Å². The largest absolute Gasteiger partial charge is 0.394 e. The van der Waals surface area contributed by atoms with Gasteiger partial charge in [0.25, 0.3) is 0 Å². The lowest BCUT2D eigenvalue weighted by Crippen LogP contribution is -2.67. The molecule has 27 heavy (non-hydrogen) atoms. The van der Waals surface area contributed by atoms with Gasteiger partial charge in [-0.2, -0.15) is 0 Å². The first kappa shape index (κ1) is 22.4. The predicted octanol–water partition coefficient (Wildman–Crippen LogP) is -2.92. The number of ether oxygens (including phenoxy) is 5. The summed E-state index contributed by atoms with van der Waals surface area (Å²) in [6, 6.07) is -0.929. The fraction of sp³-hybridized carbons (Fsp3) is 0.938. The van der Waals surface area contributed by atoms with Crippen LogP contribution in [0.5, 0.6) is 0 Å². The Balaban J connectivity index is 2.22. The number of carbonyl (C=O) groups is 1. The molecule has 2 saturated heterocycles. The Hall–Kier alpha value is -0.890. The third-order valence-electron chi connectivity index (χ3n) is 4.80. The molecular weight excluding hydrogens is 366 g/mol. The molecule has 0 saturated carbocycles. The van der Waals surface area contributed by atoms with E-state index in [1.165, 1.54) is 21.1 Å². The quantitative estimate of drug-likeness (QED) is 0.316. The number of aliphatic hydroxyl groups excluding tert-OH is 4. The first-order valence-corrected chi connectivity index (χ1v) is 8.69. The van der Waals surface area contributed by atoms with Gasteiger partial charge >= 0.3 is 0 Å². The zero-order valence-electron chi connectivity index (χ0n) is 15.7. The summed E-state index contributed by atoms with van der Waals surface area (Å²) in [5.41, 5.74) is 0. The Morgan fingerprint density at radius 3 is 2.19 bits per heavy atom. The minimum Gasteiger partial charge on any atom is -0.394 e. The second kappa shape index (κ2) is 9.54. The Morgan fingerprint density at radius 1 is 1.00 bits per heavy atom. The number of nitrogens with one attached hydrogen (secondary N) is 1. The van der Waals surface area contributed by atoms with Gasteiger partial charge in [0, 0.05) is 21.1 Å². The first-order chi connectivity index (χ1) is 12.7. The second-order valence-corrected chi connectivity index (χ2v) is 6.67. The van der Waals surface area contributed by atoms with E-state index in [0.29, 0.717) is 0 Å². The highest BCUT2D eigenvalue weighted by molar-refractivity contribution is 5.73. The van der Waals surface area contributed by atoms with Gasteiger partial charge in [0.05, 0.1) is 12.7 Å². The van der Waals surface area contributed by atoms with E-state index >= 15 is 0 Å². The molecule has 2 fully saturated rings. The highest BCUT2D eigenvalue weighted by Crippen LogP contribution is 2.30. The molecule has 1 amide bonds. The summed E-state index contributed by atoms with van der Waals surface area (Å²) in [5.74, 6) is -0.415. The lowest BCUT2D eigenvalue weighted by molar-refractivity contribution is -0.340. The van der Waals surface area contributed by atoms with Crippen LogP contribution < -0.4 is 5.32 Å². The van der Waals surface area contributed by atoms with Gasteiger partial charge in [-0.25, -0.2) is 0 Å². The Morgan fingerprint density at radius 2 is 1.67 bits per heavy atom. The monoisotopic (exact) mass is 395 g/mol. The van der Waals surface area contributed by atoms with Gasteiger partial charge < -0.3 is 49.4 Å². The molecule has 2 aliphatic rings. The van der Waals surface area contributed by atoms with E-state index in [0.717, 1.165) is 0 Å². The van der Waals surface area contributed by atoms with Crippen molar-refractivity contribution >= 4 is 5.91 Å². The first-order valence-electron chi connectivity index (χ1n) is 8.69. The molecule has 2 rings (SSSR count). The molecule has 0 bridgehead atoms. The van der Waals surface area contributed by atoms with Crippen LogP contribution >= 0.6 is 0 Å². The van der Waals surface area contributed by atoms with Crippen molar-refractivity contribution in [2.45, 2.75) is 75.2 Å². The number of hydrogen-bond donors (Lipinski definition) is 5. The van der Waals surface area contributed by atoms with Crippen molar-refractivity contribution in [1.29, 1.82) is 0 Å². The number of amides is 1. The van der Waals surface area contributed by atoms with Crippen LogP contribution in [0, 0.1) is 0 Å². The van der Waals surface area contributed by atoms with Gasteiger partial charge in [-0.15, -0.1) is 0 Å². The molecular formula is C16H29NO10. The van der Waals surface area contributed by atoms with E-state index in [4.69, 9.17) is 23.7 Å². The molecule has 11 heteroatoms. The predicted molar refractivity (Wildman–Crippen MR) is 88.4 cm³/mol. The van der Waals surface area contributed by atoms with Gasteiger partial charge in [-0.05, 0) is 6.92 Å². The van der Waals surface area contributed by atoms with Crippen molar-refractivity contribution in [2.75, 3.05) is 20.8 Å². The summed E-state index contributed by atoms with van der Waals surface area (Å²) in [6.07, 6.45) is -9.82. The van der Waals surface area contributed by atoms with Crippen molar-refractivity contribution in [3.8, 4) is 0 Å². The van der Waals surface area contributed by atoms with E-state index in [1.807, 2.05) is 0 Å². The summed E-state index contributed by atoms with van der Waals surface area (Å²) < 4.78 is 27.1.